The molecule has 1 heterocycles. The zero-order valence-corrected chi connectivity index (χ0v) is 11.9. The number of alkyl halides is 3. The average Bonchev–Trinajstić information content (AvgIpc) is 2.90. The first-order valence-electron chi connectivity index (χ1n) is 6.42. The van der Waals surface area contributed by atoms with Gasteiger partial charge in [0.2, 0.25) is 0 Å². The first-order valence-corrected chi connectivity index (χ1v) is 7.36. The Morgan fingerprint density at radius 3 is 2.65 bits per heavy atom. The lowest BCUT2D eigenvalue weighted by Gasteiger charge is -2.19. The quantitative estimate of drug-likeness (QED) is 0.846. The molecule has 0 spiro atoms. The number of halogens is 3. The molecule has 2 rings (SSSR count). The van der Waals surface area contributed by atoms with Crippen LogP contribution >= 0.6 is 11.3 Å². The summed E-state index contributed by atoms with van der Waals surface area (Å²) in [5.74, 6) is 0. The van der Waals surface area contributed by atoms with Crippen molar-refractivity contribution in [1.29, 1.82) is 0 Å². The van der Waals surface area contributed by atoms with Gasteiger partial charge in [-0.15, -0.1) is 0 Å². The summed E-state index contributed by atoms with van der Waals surface area (Å²) in [6.45, 7) is 2.67. The zero-order valence-electron chi connectivity index (χ0n) is 11.1. The van der Waals surface area contributed by atoms with Gasteiger partial charge in [-0.2, -0.15) is 24.5 Å². The average molecular weight is 299 g/mol. The van der Waals surface area contributed by atoms with Crippen LogP contribution in [-0.4, -0.2) is 6.54 Å². The third-order valence-corrected chi connectivity index (χ3v) is 3.82. The lowest BCUT2D eigenvalue weighted by molar-refractivity contribution is -0.137. The van der Waals surface area contributed by atoms with Crippen molar-refractivity contribution < 1.29 is 13.2 Å². The second-order valence-corrected chi connectivity index (χ2v) is 5.35. The number of thiophene rings is 1. The van der Waals surface area contributed by atoms with E-state index in [4.69, 9.17) is 0 Å². The van der Waals surface area contributed by atoms with E-state index < -0.39 is 11.7 Å². The maximum atomic E-state index is 12.8. The Kier molecular flexibility index (Phi) is 4.83. The van der Waals surface area contributed by atoms with Gasteiger partial charge >= 0.3 is 6.18 Å². The predicted molar refractivity (Wildman–Crippen MR) is 75.9 cm³/mol. The summed E-state index contributed by atoms with van der Waals surface area (Å²) in [4.78, 5) is 0. The van der Waals surface area contributed by atoms with E-state index in [9.17, 15) is 13.2 Å². The molecule has 1 unspecified atom stereocenters. The van der Waals surface area contributed by atoms with Gasteiger partial charge in [-0.1, -0.05) is 19.1 Å². The number of hydrogen-bond donors (Lipinski definition) is 1. The number of rotatable bonds is 5. The second-order valence-electron chi connectivity index (χ2n) is 4.57. The number of hydrogen-bond acceptors (Lipinski definition) is 2. The molecule has 0 aliphatic carbocycles. The van der Waals surface area contributed by atoms with E-state index in [0.717, 1.165) is 11.6 Å². The van der Waals surface area contributed by atoms with Gasteiger partial charge in [-0.25, -0.2) is 0 Å². The first-order chi connectivity index (χ1) is 9.50. The molecule has 1 aromatic carbocycles. The van der Waals surface area contributed by atoms with E-state index in [-0.39, 0.29) is 6.04 Å². The van der Waals surface area contributed by atoms with E-state index in [0.29, 0.717) is 18.5 Å². The smallest absolute Gasteiger partial charge is 0.310 e. The molecule has 1 aromatic heterocycles. The topological polar surface area (TPSA) is 12.0 Å². The molecule has 0 aliphatic heterocycles. The van der Waals surface area contributed by atoms with Crippen LogP contribution < -0.4 is 5.32 Å². The SMILES string of the molecule is CCNC(Cc1ccsc1)c1cccc(C(F)(F)F)c1. The molecule has 1 nitrogen and oxygen atoms in total. The summed E-state index contributed by atoms with van der Waals surface area (Å²) in [5.41, 5.74) is 1.22. The highest BCUT2D eigenvalue weighted by Crippen LogP contribution is 2.31. The van der Waals surface area contributed by atoms with Gasteiger partial charge < -0.3 is 5.32 Å². The van der Waals surface area contributed by atoms with E-state index >= 15 is 0 Å². The highest BCUT2D eigenvalue weighted by Gasteiger charge is 2.30. The molecule has 20 heavy (non-hydrogen) atoms. The van der Waals surface area contributed by atoms with Crippen molar-refractivity contribution in [2.24, 2.45) is 0 Å². The number of benzene rings is 1. The van der Waals surface area contributed by atoms with E-state index in [1.165, 1.54) is 12.1 Å². The normalized spacial score (nSPS) is 13.4. The maximum absolute atomic E-state index is 12.8. The number of likely N-dealkylation sites (N-methyl/N-ethyl adjacent to an activating group) is 1. The van der Waals surface area contributed by atoms with Gasteiger partial charge in [0.25, 0.3) is 0 Å². The Morgan fingerprint density at radius 2 is 2.05 bits per heavy atom. The van der Waals surface area contributed by atoms with Crippen molar-refractivity contribution in [2.75, 3.05) is 6.54 Å². The maximum Gasteiger partial charge on any atom is 0.416 e. The van der Waals surface area contributed by atoms with E-state index in [1.54, 1.807) is 17.4 Å². The summed E-state index contributed by atoms with van der Waals surface area (Å²) in [6, 6.07) is 7.46. The third-order valence-electron chi connectivity index (χ3n) is 3.09. The highest BCUT2D eigenvalue weighted by molar-refractivity contribution is 7.07. The fourth-order valence-corrected chi connectivity index (χ4v) is 2.81. The van der Waals surface area contributed by atoms with Crippen LogP contribution in [-0.2, 0) is 12.6 Å². The predicted octanol–water partition coefficient (Wildman–Crippen LogP) is 4.66. The van der Waals surface area contributed by atoms with Crippen molar-refractivity contribution in [3.8, 4) is 0 Å². The van der Waals surface area contributed by atoms with Gasteiger partial charge in [0.1, 0.15) is 0 Å². The molecular weight excluding hydrogens is 283 g/mol. The summed E-state index contributed by atoms with van der Waals surface area (Å²) in [6.07, 6.45) is -3.60. The van der Waals surface area contributed by atoms with Gasteiger partial charge in [-0.3, -0.25) is 0 Å². The van der Waals surface area contributed by atoms with Crippen LogP contribution in [0.4, 0.5) is 13.2 Å². The lowest BCUT2D eigenvalue weighted by atomic mass is 9.98. The highest BCUT2D eigenvalue weighted by atomic mass is 32.1. The van der Waals surface area contributed by atoms with Gasteiger partial charge in [0.15, 0.2) is 0 Å². The largest absolute Gasteiger partial charge is 0.416 e. The molecule has 2 aromatic rings. The van der Waals surface area contributed by atoms with Crippen LogP contribution in [0.5, 0.6) is 0 Å². The molecule has 108 valence electrons. The number of nitrogens with one attached hydrogen (secondary N) is 1. The molecule has 5 heteroatoms. The van der Waals surface area contributed by atoms with Crippen molar-refractivity contribution in [3.63, 3.8) is 0 Å². The Labute approximate surface area is 120 Å². The van der Waals surface area contributed by atoms with Crippen LogP contribution in [0.3, 0.4) is 0 Å². The summed E-state index contributed by atoms with van der Waals surface area (Å²) in [7, 11) is 0. The molecule has 0 fully saturated rings. The Hall–Kier alpha value is -1.33. The zero-order chi connectivity index (χ0) is 14.6. The Bertz CT molecular complexity index is 534. The van der Waals surface area contributed by atoms with Gasteiger partial charge in [0.05, 0.1) is 5.56 Å². The van der Waals surface area contributed by atoms with Crippen LogP contribution in [0.1, 0.15) is 29.7 Å². The van der Waals surface area contributed by atoms with Crippen molar-refractivity contribution in [3.05, 3.63) is 57.8 Å². The van der Waals surface area contributed by atoms with Crippen LogP contribution in [0.25, 0.3) is 0 Å². The van der Waals surface area contributed by atoms with E-state index in [2.05, 4.69) is 5.32 Å². The Morgan fingerprint density at radius 1 is 1.25 bits per heavy atom. The van der Waals surface area contributed by atoms with Crippen molar-refractivity contribution >= 4 is 11.3 Å². The fourth-order valence-electron chi connectivity index (χ4n) is 2.13. The summed E-state index contributed by atoms with van der Waals surface area (Å²) in [5, 5.41) is 7.26. The van der Waals surface area contributed by atoms with Gasteiger partial charge in [0, 0.05) is 6.04 Å². The second kappa shape index (κ2) is 6.41. The molecular formula is C15H16F3NS. The van der Waals surface area contributed by atoms with Crippen molar-refractivity contribution in [2.45, 2.75) is 25.6 Å². The fraction of sp³-hybridized carbons (Fsp3) is 0.333. The van der Waals surface area contributed by atoms with Gasteiger partial charge in [-0.05, 0) is 53.1 Å². The third kappa shape index (κ3) is 3.84. The molecule has 0 aliphatic rings. The monoisotopic (exact) mass is 299 g/mol. The summed E-state index contributed by atoms with van der Waals surface area (Å²) < 4.78 is 38.3. The minimum absolute atomic E-state index is 0.100. The Balaban J connectivity index is 2.25. The first kappa shape index (κ1) is 15.1. The minimum Gasteiger partial charge on any atom is -0.310 e. The molecule has 1 atom stereocenters. The molecule has 0 saturated carbocycles. The molecule has 0 saturated heterocycles. The molecule has 0 radical (unpaired) electrons. The molecule has 0 bridgehead atoms. The lowest BCUT2D eigenvalue weighted by Crippen LogP contribution is -2.23. The van der Waals surface area contributed by atoms with E-state index in [1.807, 2.05) is 23.8 Å². The summed E-state index contributed by atoms with van der Waals surface area (Å²) >= 11 is 1.59. The van der Waals surface area contributed by atoms with Crippen LogP contribution in [0.15, 0.2) is 41.1 Å². The van der Waals surface area contributed by atoms with Crippen LogP contribution in [0, 0.1) is 0 Å². The minimum atomic E-state index is -4.30. The molecule has 0 amide bonds. The standard InChI is InChI=1S/C15H16F3NS/c1-2-19-14(8-11-6-7-20-10-11)12-4-3-5-13(9-12)15(16,17)18/h3-7,9-10,14,19H,2,8H2,1H3. The van der Waals surface area contributed by atoms with Crippen molar-refractivity contribution in [1.82, 2.24) is 5.32 Å². The molecule has 1 N–H and O–H groups in total. The van der Waals surface area contributed by atoms with Crippen LogP contribution in [0.2, 0.25) is 0 Å².